The molecule has 5 nitrogen and oxygen atoms in total. The Morgan fingerprint density at radius 2 is 2.07 bits per heavy atom. The highest BCUT2D eigenvalue weighted by atomic mass is 35.5. The van der Waals surface area contributed by atoms with Crippen LogP contribution in [-0.4, -0.2) is 21.8 Å². The fourth-order valence-corrected chi connectivity index (χ4v) is 4.54. The number of rotatable bonds is 6. The van der Waals surface area contributed by atoms with Crippen LogP contribution in [0.3, 0.4) is 0 Å². The van der Waals surface area contributed by atoms with E-state index in [9.17, 15) is 10.1 Å². The van der Waals surface area contributed by atoms with E-state index in [-0.39, 0.29) is 24.4 Å². The first-order chi connectivity index (χ1) is 13.8. The van der Waals surface area contributed by atoms with Crippen LogP contribution in [0, 0.1) is 24.2 Å². The molecule has 0 saturated carbocycles. The van der Waals surface area contributed by atoms with Crippen LogP contribution in [0.1, 0.15) is 54.0 Å². The molecule has 152 valence electrons. The lowest BCUT2D eigenvalue weighted by Gasteiger charge is -2.27. The van der Waals surface area contributed by atoms with Crippen LogP contribution in [0.5, 0.6) is 0 Å². The summed E-state index contributed by atoms with van der Waals surface area (Å²) in [5.74, 6) is -0.358. The predicted molar refractivity (Wildman–Crippen MR) is 116 cm³/mol. The molecule has 0 aliphatic carbocycles. The monoisotopic (exact) mass is 430 g/mol. The maximum atomic E-state index is 13.5. The van der Waals surface area contributed by atoms with E-state index in [2.05, 4.69) is 11.1 Å². The fraction of sp³-hybridized carbons (Fsp3) is 0.409. The molecule has 1 amide bonds. The van der Waals surface area contributed by atoms with Crippen molar-refractivity contribution in [2.45, 2.75) is 52.7 Å². The van der Waals surface area contributed by atoms with E-state index in [1.807, 2.05) is 26.8 Å². The molecule has 2 atom stereocenters. The molecule has 0 radical (unpaired) electrons. The van der Waals surface area contributed by atoms with Gasteiger partial charge in [-0.2, -0.15) is 5.26 Å². The number of aromatic nitrogens is 1. The molecule has 29 heavy (non-hydrogen) atoms. The van der Waals surface area contributed by atoms with Crippen molar-refractivity contribution < 1.29 is 4.79 Å². The first-order valence-electron chi connectivity index (χ1n) is 9.72. The highest BCUT2D eigenvalue weighted by molar-refractivity contribution is 6.36. The number of nitrogens with zero attached hydrogens (tertiary/aromatic N) is 3. The fourth-order valence-electron chi connectivity index (χ4n) is 4.03. The number of pyridine rings is 1. The SMILES string of the molecule is CCCC(C#N)C(C)N1Cc2nc(C)c(CN)c(-c3ccc(Cl)cc3Cl)c2C1=O. The number of hydrogen-bond acceptors (Lipinski definition) is 4. The summed E-state index contributed by atoms with van der Waals surface area (Å²) in [5, 5.41) is 10.5. The van der Waals surface area contributed by atoms with Crippen LogP contribution in [0.25, 0.3) is 11.1 Å². The van der Waals surface area contributed by atoms with Crippen molar-refractivity contribution >= 4 is 29.1 Å². The smallest absolute Gasteiger partial charge is 0.257 e. The number of carbonyl (C=O) groups is 1. The zero-order valence-corrected chi connectivity index (χ0v) is 18.3. The van der Waals surface area contributed by atoms with Gasteiger partial charge in [-0.3, -0.25) is 9.78 Å². The Balaban J connectivity index is 2.16. The van der Waals surface area contributed by atoms with E-state index in [4.69, 9.17) is 28.9 Å². The number of aryl methyl sites for hydroxylation is 1. The van der Waals surface area contributed by atoms with Crippen molar-refractivity contribution in [2.24, 2.45) is 11.7 Å². The van der Waals surface area contributed by atoms with Crippen molar-refractivity contribution in [1.82, 2.24) is 9.88 Å². The molecule has 1 aliphatic rings. The first kappa shape index (κ1) is 21.6. The molecule has 7 heteroatoms. The number of amides is 1. The van der Waals surface area contributed by atoms with Gasteiger partial charge >= 0.3 is 0 Å². The van der Waals surface area contributed by atoms with Gasteiger partial charge in [0.1, 0.15) is 0 Å². The van der Waals surface area contributed by atoms with Gasteiger partial charge in [0.05, 0.1) is 29.8 Å². The van der Waals surface area contributed by atoms with Crippen LogP contribution < -0.4 is 5.73 Å². The van der Waals surface area contributed by atoms with E-state index in [0.717, 1.165) is 29.7 Å². The maximum Gasteiger partial charge on any atom is 0.257 e. The summed E-state index contributed by atoms with van der Waals surface area (Å²) in [4.78, 5) is 19.9. The van der Waals surface area contributed by atoms with Gasteiger partial charge in [-0.15, -0.1) is 0 Å². The van der Waals surface area contributed by atoms with Crippen LogP contribution in [0.2, 0.25) is 10.0 Å². The third-order valence-electron chi connectivity index (χ3n) is 5.62. The van der Waals surface area contributed by atoms with E-state index in [0.29, 0.717) is 33.4 Å². The molecule has 0 bridgehead atoms. The number of nitrogens with two attached hydrogens (primary N) is 1. The Kier molecular flexibility index (Phi) is 6.48. The number of benzene rings is 1. The third-order valence-corrected chi connectivity index (χ3v) is 6.17. The Morgan fingerprint density at radius 3 is 2.66 bits per heavy atom. The quantitative estimate of drug-likeness (QED) is 0.689. The van der Waals surface area contributed by atoms with Crippen molar-refractivity contribution in [3.63, 3.8) is 0 Å². The number of nitriles is 1. The average Bonchev–Trinajstić information content (AvgIpc) is 3.01. The average molecular weight is 431 g/mol. The van der Waals surface area contributed by atoms with Gasteiger partial charge in [-0.1, -0.05) is 42.6 Å². The lowest BCUT2D eigenvalue weighted by Crippen LogP contribution is -2.38. The Labute approximate surface area is 181 Å². The molecular formula is C22H24Cl2N4O. The number of carbonyl (C=O) groups excluding carboxylic acids is 1. The molecule has 1 aliphatic heterocycles. The van der Waals surface area contributed by atoms with Crippen LogP contribution in [-0.2, 0) is 13.1 Å². The van der Waals surface area contributed by atoms with Crippen LogP contribution in [0.4, 0.5) is 0 Å². The van der Waals surface area contributed by atoms with E-state index >= 15 is 0 Å². The summed E-state index contributed by atoms with van der Waals surface area (Å²) in [6.07, 6.45) is 1.63. The molecule has 1 aromatic carbocycles. The van der Waals surface area contributed by atoms with Gasteiger partial charge in [0.15, 0.2) is 0 Å². The van der Waals surface area contributed by atoms with Gasteiger partial charge < -0.3 is 10.6 Å². The standard InChI is InChI=1S/C22H24Cl2N4O/c1-4-5-14(9-25)13(3)28-11-19-21(22(28)29)20(17(10-26)12(2)27-19)16-7-6-15(23)8-18(16)24/h6-8,13-14H,4-5,10-11,26H2,1-3H3. The molecular weight excluding hydrogens is 407 g/mol. The summed E-state index contributed by atoms with van der Waals surface area (Å²) < 4.78 is 0. The van der Waals surface area contributed by atoms with Crippen LogP contribution >= 0.6 is 23.2 Å². The summed E-state index contributed by atoms with van der Waals surface area (Å²) in [7, 11) is 0. The summed E-state index contributed by atoms with van der Waals surface area (Å²) in [5.41, 5.74) is 10.3. The zero-order valence-electron chi connectivity index (χ0n) is 16.8. The highest BCUT2D eigenvalue weighted by Crippen LogP contribution is 2.40. The number of halogens is 2. The number of fused-ring (bicyclic) bond motifs is 1. The third kappa shape index (κ3) is 3.85. The molecule has 0 saturated heterocycles. The topological polar surface area (TPSA) is 83.0 Å². The van der Waals surface area contributed by atoms with Crippen LogP contribution in [0.15, 0.2) is 18.2 Å². The zero-order chi connectivity index (χ0) is 21.3. The molecule has 0 spiro atoms. The minimum absolute atomic E-state index is 0.132. The molecule has 2 aromatic rings. The Morgan fingerprint density at radius 1 is 1.34 bits per heavy atom. The van der Waals surface area contributed by atoms with Crippen molar-refractivity contribution in [3.8, 4) is 17.2 Å². The van der Waals surface area contributed by atoms with E-state index < -0.39 is 0 Å². The second-order valence-electron chi connectivity index (χ2n) is 7.40. The summed E-state index contributed by atoms with van der Waals surface area (Å²) in [6.45, 7) is 6.47. The largest absolute Gasteiger partial charge is 0.329 e. The normalized spacial score (nSPS) is 15.2. The van der Waals surface area contributed by atoms with Gasteiger partial charge in [0, 0.05) is 39.5 Å². The number of hydrogen-bond donors (Lipinski definition) is 1. The van der Waals surface area contributed by atoms with Crippen molar-refractivity contribution in [1.29, 1.82) is 5.26 Å². The van der Waals surface area contributed by atoms with Gasteiger partial charge in [0.2, 0.25) is 0 Å². The lowest BCUT2D eigenvalue weighted by atomic mass is 9.92. The molecule has 2 unspecified atom stereocenters. The molecule has 1 aromatic heterocycles. The van der Waals surface area contributed by atoms with Gasteiger partial charge in [-0.25, -0.2) is 0 Å². The van der Waals surface area contributed by atoms with Crippen molar-refractivity contribution in [3.05, 3.63) is 50.8 Å². The molecule has 0 fully saturated rings. The second-order valence-corrected chi connectivity index (χ2v) is 8.24. The Hall–Kier alpha value is -2.13. The van der Waals surface area contributed by atoms with E-state index in [1.165, 1.54) is 0 Å². The Bertz CT molecular complexity index is 999. The first-order valence-corrected chi connectivity index (χ1v) is 10.5. The second kappa shape index (κ2) is 8.71. The minimum atomic E-state index is -0.226. The molecule has 2 N–H and O–H groups in total. The predicted octanol–water partition coefficient (Wildman–Crippen LogP) is 5.11. The lowest BCUT2D eigenvalue weighted by molar-refractivity contribution is 0.0677. The van der Waals surface area contributed by atoms with E-state index in [1.54, 1.807) is 17.0 Å². The van der Waals surface area contributed by atoms with Crippen molar-refractivity contribution in [2.75, 3.05) is 0 Å². The molecule has 3 rings (SSSR count). The maximum absolute atomic E-state index is 13.5. The highest BCUT2D eigenvalue weighted by Gasteiger charge is 2.38. The summed E-state index contributed by atoms with van der Waals surface area (Å²) >= 11 is 12.6. The summed E-state index contributed by atoms with van der Waals surface area (Å²) in [6, 6.07) is 7.36. The van der Waals surface area contributed by atoms with Gasteiger partial charge in [-0.05, 0) is 38.0 Å². The van der Waals surface area contributed by atoms with Gasteiger partial charge in [0.25, 0.3) is 5.91 Å². The molecule has 2 heterocycles. The minimum Gasteiger partial charge on any atom is -0.329 e.